The van der Waals surface area contributed by atoms with Gasteiger partial charge >= 0.3 is 0 Å². The lowest BCUT2D eigenvalue weighted by molar-refractivity contribution is -0.183. The van der Waals surface area contributed by atoms with E-state index in [9.17, 15) is 5.11 Å². The van der Waals surface area contributed by atoms with Gasteiger partial charge in [-0.3, -0.25) is 0 Å². The molecule has 0 aromatic heterocycles. The third-order valence-corrected chi connectivity index (χ3v) is 3.46. The molecule has 0 aliphatic carbocycles. The molecule has 0 amide bonds. The molecule has 1 aliphatic rings. The molecule has 100 valence electrons. The molecule has 0 bridgehead atoms. The van der Waals surface area contributed by atoms with Crippen molar-refractivity contribution in [3.05, 3.63) is 33.8 Å². The van der Waals surface area contributed by atoms with Crippen molar-refractivity contribution >= 4 is 23.2 Å². The van der Waals surface area contributed by atoms with Crippen molar-refractivity contribution in [2.45, 2.75) is 31.7 Å². The number of ether oxygens (including phenoxy) is 2. The predicted octanol–water partition coefficient (Wildman–Crippen LogP) is 3.57. The van der Waals surface area contributed by atoms with E-state index in [0.717, 1.165) is 19.6 Å². The first kappa shape index (κ1) is 14.1. The molecule has 0 saturated carbocycles. The van der Waals surface area contributed by atoms with Crippen LogP contribution in [0.3, 0.4) is 0 Å². The lowest BCUT2D eigenvalue weighted by atomic mass is 10.0. The molecule has 1 aliphatic heterocycles. The number of rotatable bonds is 4. The van der Waals surface area contributed by atoms with Crippen LogP contribution in [0.1, 0.15) is 30.9 Å². The van der Waals surface area contributed by atoms with Gasteiger partial charge in [-0.15, -0.1) is 0 Å². The van der Waals surface area contributed by atoms with Gasteiger partial charge in [0.15, 0.2) is 6.29 Å². The molecule has 5 heteroatoms. The summed E-state index contributed by atoms with van der Waals surface area (Å²) < 4.78 is 10.9. The Balaban J connectivity index is 1.88. The standard InChI is InChI=1S/C13H16Cl2O3/c14-9-2-3-10(11(15)8-9)12(16)4-5-13-17-6-1-7-18-13/h2-3,8,12-13,16H,1,4-7H2. The molecule has 18 heavy (non-hydrogen) atoms. The fourth-order valence-electron chi connectivity index (χ4n) is 1.92. The second kappa shape index (κ2) is 6.73. The number of benzene rings is 1. The summed E-state index contributed by atoms with van der Waals surface area (Å²) in [6.07, 6.45) is 1.30. The topological polar surface area (TPSA) is 38.7 Å². The number of hydrogen-bond acceptors (Lipinski definition) is 3. The minimum absolute atomic E-state index is 0.209. The summed E-state index contributed by atoms with van der Waals surface area (Å²) in [7, 11) is 0. The van der Waals surface area contributed by atoms with Crippen molar-refractivity contribution in [1.29, 1.82) is 0 Å². The van der Waals surface area contributed by atoms with E-state index in [1.54, 1.807) is 18.2 Å². The molecule has 1 unspecified atom stereocenters. The first-order valence-electron chi connectivity index (χ1n) is 6.03. The largest absolute Gasteiger partial charge is 0.388 e. The van der Waals surface area contributed by atoms with Crippen LogP contribution in [-0.4, -0.2) is 24.6 Å². The van der Waals surface area contributed by atoms with E-state index in [0.29, 0.717) is 28.5 Å². The minimum atomic E-state index is -0.621. The fraction of sp³-hybridized carbons (Fsp3) is 0.538. The zero-order valence-corrected chi connectivity index (χ0v) is 11.5. The van der Waals surface area contributed by atoms with Gasteiger partial charge in [0.25, 0.3) is 0 Å². The Morgan fingerprint density at radius 1 is 1.28 bits per heavy atom. The summed E-state index contributed by atoms with van der Waals surface area (Å²) in [5, 5.41) is 11.1. The Labute approximate surface area is 117 Å². The Hall–Kier alpha value is -0.320. The summed E-state index contributed by atoms with van der Waals surface area (Å²) in [5.41, 5.74) is 0.692. The third kappa shape index (κ3) is 3.84. The van der Waals surface area contributed by atoms with Crippen LogP contribution in [0.2, 0.25) is 10.0 Å². The molecule has 1 aromatic rings. The van der Waals surface area contributed by atoms with Crippen LogP contribution in [0.25, 0.3) is 0 Å². The monoisotopic (exact) mass is 290 g/mol. The molecule has 0 spiro atoms. The second-order valence-electron chi connectivity index (χ2n) is 4.28. The molecule has 1 saturated heterocycles. The smallest absolute Gasteiger partial charge is 0.157 e. The van der Waals surface area contributed by atoms with Gasteiger partial charge in [0.2, 0.25) is 0 Å². The van der Waals surface area contributed by atoms with E-state index in [1.807, 2.05) is 0 Å². The molecule has 1 aromatic carbocycles. The summed E-state index contributed by atoms with van der Waals surface area (Å²) >= 11 is 11.9. The van der Waals surface area contributed by atoms with Gasteiger partial charge in [0, 0.05) is 16.5 Å². The van der Waals surface area contributed by atoms with E-state index in [4.69, 9.17) is 32.7 Å². The van der Waals surface area contributed by atoms with Crippen LogP contribution in [0.4, 0.5) is 0 Å². The van der Waals surface area contributed by atoms with E-state index >= 15 is 0 Å². The lowest BCUT2D eigenvalue weighted by Crippen LogP contribution is -2.25. The SMILES string of the molecule is OC(CCC1OCCCO1)c1ccc(Cl)cc1Cl. The van der Waals surface area contributed by atoms with Crippen LogP contribution < -0.4 is 0 Å². The molecule has 1 heterocycles. The maximum absolute atomic E-state index is 10.1. The molecule has 1 atom stereocenters. The third-order valence-electron chi connectivity index (χ3n) is 2.89. The van der Waals surface area contributed by atoms with Crippen LogP contribution in [-0.2, 0) is 9.47 Å². The van der Waals surface area contributed by atoms with Crippen molar-refractivity contribution in [1.82, 2.24) is 0 Å². The van der Waals surface area contributed by atoms with Gasteiger partial charge in [-0.2, -0.15) is 0 Å². The van der Waals surface area contributed by atoms with Gasteiger partial charge in [-0.1, -0.05) is 29.3 Å². The highest BCUT2D eigenvalue weighted by Gasteiger charge is 2.18. The van der Waals surface area contributed by atoms with Gasteiger partial charge in [-0.05, 0) is 30.5 Å². The Bertz CT molecular complexity index is 392. The quantitative estimate of drug-likeness (QED) is 0.921. The Morgan fingerprint density at radius 3 is 2.67 bits per heavy atom. The summed E-state index contributed by atoms with van der Waals surface area (Å²) in [4.78, 5) is 0. The highest BCUT2D eigenvalue weighted by molar-refractivity contribution is 6.35. The van der Waals surface area contributed by atoms with Crippen molar-refractivity contribution < 1.29 is 14.6 Å². The average Bonchev–Trinajstić information content (AvgIpc) is 2.37. The van der Waals surface area contributed by atoms with Crippen LogP contribution in [0, 0.1) is 0 Å². The number of halogens is 2. The molecule has 1 N–H and O–H groups in total. The molecular formula is C13H16Cl2O3. The van der Waals surface area contributed by atoms with E-state index in [2.05, 4.69) is 0 Å². The van der Waals surface area contributed by atoms with E-state index in [-0.39, 0.29) is 6.29 Å². The molecule has 1 fully saturated rings. The number of aliphatic hydroxyl groups is 1. The van der Waals surface area contributed by atoms with E-state index < -0.39 is 6.10 Å². The van der Waals surface area contributed by atoms with Crippen LogP contribution >= 0.6 is 23.2 Å². The van der Waals surface area contributed by atoms with Gasteiger partial charge in [0.1, 0.15) is 0 Å². The summed E-state index contributed by atoms with van der Waals surface area (Å²) in [5.74, 6) is 0. The Kier molecular flexibility index (Phi) is 5.27. The van der Waals surface area contributed by atoms with Crippen molar-refractivity contribution in [2.24, 2.45) is 0 Å². The Morgan fingerprint density at radius 2 is 2.00 bits per heavy atom. The first-order valence-corrected chi connectivity index (χ1v) is 6.78. The summed E-state index contributed by atoms with van der Waals surface area (Å²) in [6, 6.07) is 5.10. The average molecular weight is 291 g/mol. The highest BCUT2D eigenvalue weighted by atomic mass is 35.5. The maximum atomic E-state index is 10.1. The van der Waals surface area contributed by atoms with Crippen LogP contribution in [0.5, 0.6) is 0 Å². The molecule has 2 rings (SSSR count). The van der Waals surface area contributed by atoms with Crippen molar-refractivity contribution in [3.8, 4) is 0 Å². The zero-order chi connectivity index (χ0) is 13.0. The maximum Gasteiger partial charge on any atom is 0.157 e. The van der Waals surface area contributed by atoms with Crippen molar-refractivity contribution in [3.63, 3.8) is 0 Å². The van der Waals surface area contributed by atoms with E-state index in [1.165, 1.54) is 0 Å². The molecular weight excluding hydrogens is 275 g/mol. The normalized spacial score (nSPS) is 18.8. The summed E-state index contributed by atoms with van der Waals surface area (Å²) in [6.45, 7) is 1.45. The molecule has 0 radical (unpaired) electrons. The number of aliphatic hydroxyl groups excluding tert-OH is 1. The highest BCUT2D eigenvalue weighted by Crippen LogP contribution is 2.29. The van der Waals surface area contributed by atoms with Crippen molar-refractivity contribution in [2.75, 3.05) is 13.2 Å². The van der Waals surface area contributed by atoms with Gasteiger partial charge < -0.3 is 14.6 Å². The van der Waals surface area contributed by atoms with Gasteiger partial charge in [0.05, 0.1) is 19.3 Å². The predicted molar refractivity (Wildman–Crippen MR) is 71.0 cm³/mol. The number of hydrogen-bond donors (Lipinski definition) is 1. The second-order valence-corrected chi connectivity index (χ2v) is 5.13. The lowest BCUT2D eigenvalue weighted by Gasteiger charge is -2.24. The molecule has 3 nitrogen and oxygen atoms in total. The van der Waals surface area contributed by atoms with Gasteiger partial charge in [-0.25, -0.2) is 0 Å². The first-order chi connectivity index (χ1) is 8.66. The zero-order valence-electron chi connectivity index (χ0n) is 9.94. The van der Waals surface area contributed by atoms with Crippen LogP contribution in [0.15, 0.2) is 18.2 Å². The minimum Gasteiger partial charge on any atom is -0.388 e. The fourth-order valence-corrected chi connectivity index (χ4v) is 2.46.